The van der Waals surface area contributed by atoms with Crippen molar-refractivity contribution in [2.45, 2.75) is 76.3 Å². The van der Waals surface area contributed by atoms with Crippen LogP contribution in [0.3, 0.4) is 0 Å². The van der Waals surface area contributed by atoms with Gasteiger partial charge in [-0.15, -0.1) is 11.8 Å². The maximum Gasteiger partial charge on any atom is 0.303 e. The predicted octanol–water partition coefficient (Wildman–Crippen LogP) is 3.89. The van der Waals surface area contributed by atoms with Crippen LogP contribution in [0.1, 0.15) is 60.6 Å². The van der Waals surface area contributed by atoms with Crippen molar-refractivity contribution < 1.29 is 34.0 Å². The number of thioether (sulfide) groups is 1. The van der Waals surface area contributed by atoms with Gasteiger partial charge in [-0.25, -0.2) is 0 Å². The van der Waals surface area contributed by atoms with Crippen LogP contribution in [0.2, 0.25) is 0 Å². The smallest absolute Gasteiger partial charge is 0.303 e. The first-order valence-electron chi connectivity index (χ1n) is 12.2. The highest BCUT2D eigenvalue weighted by Crippen LogP contribution is 2.39. The molecule has 1 fully saturated rings. The highest BCUT2D eigenvalue weighted by molar-refractivity contribution is 7.99. The fourth-order valence-corrected chi connectivity index (χ4v) is 5.18. The van der Waals surface area contributed by atoms with Gasteiger partial charge in [-0.1, -0.05) is 42.5 Å². The number of aryl methyl sites for hydroxylation is 2. The summed E-state index contributed by atoms with van der Waals surface area (Å²) in [5, 5.41) is 20.0. The summed E-state index contributed by atoms with van der Waals surface area (Å²) in [5.74, 6) is -1.10. The first-order valence-corrected chi connectivity index (χ1v) is 13.5. The summed E-state index contributed by atoms with van der Waals surface area (Å²) >= 11 is 1.32. The Bertz CT molecular complexity index is 1020. The zero-order valence-electron chi connectivity index (χ0n) is 21.3. The molecule has 0 spiro atoms. The number of unbranched alkanes of at least 4 members (excludes halogenated alkanes) is 1. The summed E-state index contributed by atoms with van der Waals surface area (Å²) in [4.78, 5) is 23.5. The van der Waals surface area contributed by atoms with E-state index in [1.165, 1.54) is 36.7 Å². The Morgan fingerprint density at radius 2 is 1.61 bits per heavy atom. The molecule has 2 N–H and O–H groups in total. The van der Waals surface area contributed by atoms with Gasteiger partial charge < -0.3 is 24.4 Å². The van der Waals surface area contributed by atoms with E-state index < -0.39 is 41.8 Å². The molecule has 0 bridgehead atoms. The lowest BCUT2D eigenvalue weighted by Crippen LogP contribution is -2.55. The van der Waals surface area contributed by atoms with Gasteiger partial charge in [-0.05, 0) is 66.7 Å². The van der Waals surface area contributed by atoms with Gasteiger partial charge in [-0.2, -0.15) is 0 Å². The van der Waals surface area contributed by atoms with Crippen LogP contribution >= 0.6 is 11.8 Å². The molecule has 7 nitrogen and oxygen atoms in total. The van der Waals surface area contributed by atoms with Crippen molar-refractivity contribution in [3.8, 4) is 0 Å². The van der Waals surface area contributed by atoms with Gasteiger partial charge in [0.15, 0.2) is 12.2 Å². The van der Waals surface area contributed by atoms with Gasteiger partial charge in [0, 0.05) is 20.5 Å². The number of carbonyl (C=O) groups excluding carboxylic acids is 2. The monoisotopic (exact) mass is 516 g/mol. The molecule has 0 amide bonds. The third-order valence-corrected chi connectivity index (χ3v) is 7.19. The number of carbonyl (C=O) groups is 2. The highest BCUT2D eigenvalue weighted by atomic mass is 32.2. The summed E-state index contributed by atoms with van der Waals surface area (Å²) in [5.41, 5.74) is 4.79. The van der Waals surface area contributed by atoms with Crippen LogP contribution in [0.5, 0.6) is 0 Å². The Hall–Kier alpha value is -2.39. The Balaban J connectivity index is 1.85. The number of aliphatic hydroxyl groups is 2. The first-order chi connectivity index (χ1) is 17.2. The lowest BCUT2D eigenvalue weighted by atomic mass is 9.90. The topological polar surface area (TPSA) is 102 Å². The van der Waals surface area contributed by atoms with Gasteiger partial charge in [-0.3, -0.25) is 9.59 Å². The fraction of sp³-hybridized carbons (Fsp3) is 0.500. The van der Waals surface area contributed by atoms with Crippen LogP contribution in [0.4, 0.5) is 0 Å². The van der Waals surface area contributed by atoms with Crippen molar-refractivity contribution in [1.29, 1.82) is 0 Å². The molecule has 1 saturated heterocycles. The number of hydrogen-bond donors (Lipinski definition) is 2. The minimum Gasteiger partial charge on any atom is -0.456 e. The average Bonchev–Trinajstić information content (AvgIpc) is 2.84. The Morgan fingerprint density at radius 1 is 0.972 bits per heavy atom. The Kier molecular flexibility index (Phi) is 10.4. The Morgan fingerprint density at radius 3 is 2.22 bits per heavy atom. The minimum absolute atomic E-state index is 0.218. The average molecular weight is 517 g/mol. The van der Waals surface area contributed by atoms with E-state index in [0.717, 1.165) is 36.0 Å². The zero-order chi connectivity index (χ0) is 26.2. The van der Waals surface area contributed by atoms with Gasteiger partial charge in [0.2, 0.25) is 0 Å². The third kappa shape index (κ3) is 7.32. The molecule has 1 heterocycles. The van der Waals surface area contributed by atoms with Crippen molar-refractivity contribution in [3.63, 3.8) is 0 Å². The van der Waals surface area contributed by atoms with Gasteiger partial charge in [0.05, 0.1) is 0 Å². The van der Waals surface area contributed by atoms with Crippen LogP contribution in [0.25, 0.3) is 0 Å². The molecule has 36 heavy (non-hydrogen) atoms. The van der Waals surface area contributed by atoms with Crippen molar-refractivity contribution in [3.05, 3.63) is 70.3 Å². The maximum absolute atomic E-state index is 11.9. The lowest BCUT2D eigenvalue weighted by molar-refractivity contribution is -0.224. The standard InChI is InChI=1S/C28H36O7S/c1-17-8-13-22(16-23(17)15-21-11-9-20(10-12-21)7-5-6-14-29)25-26(33-18(2)30)24(32)27(34-19(3)31)28(35-25)36-4/h8-13,16,24-29,32H,5-7,14-15H2,1-4H3. The van der Waals surface area contributed by atoms with Crippen LogP contribution in [0.15, 0.2) is 42.5 Å². The summed E-state index contributed by atoms with van der Waals surface area (Å²) in [7, 11) is 0. The second-order valence-corrected chi connectivity index (χ2v) is 10.1. The maximum atomic E-state index is 11.9. The second-order valence-electron chi connectivity index (χ2n) is 9.16. The molecule has 2 aromatic carbocycles. The molecule has 0 saturated carbocycles. The van der Waals surface area contributed by atoms with E-state index in [9.17, 15) is 14.7 Å². The number of aliphatic hydroxyl groups excluding tert-OH is 2. The van der Waals surface area contributed by atoms with Gasteiger partial charge in [0.1, 0.15) is 17.6 Å². The number of hydrogen-bond acceptors (Lipinski definition) is 8. The first kappa shape index (κ1) is 28.2. The molecule has 2 aromatic rings. The molecule has 0 aromatic heterocycles. The quantitative estimate of drug-likeness (QED) is 0.362. The second kappa shape index (κ2) is 13.2. The molecule has 1 aliphatic heterocycles. The predicted molar refractivity (Wildman–Crippen MR) is 139 cm³/mol. The molecular weight excluding hydrogens is 480 g/mol. The fourth-order valence-electron chi connectivity index (χ4n) is 4.47. The van der Waals surface area contributed by atoms with Crippen LogP contribution in [0, 0.1) is 6.92 Å². The van der Waals surface area contributed by atoms with Crippen molar-refractivity contribution in [1.82, 2.24) is 0 Å². The molecule has 5 unspecified atom stereocenters. The summed E-state index contributed by atoms with van der Waals surface area (Å²) in [6, 6.07) is 14.4. The molecule has 0 radical (unpaired) electrons. The van der Waals surface area contributed by atoms with Crippen molar-refractivity contribution in [2.75, 3.05) is 12.9 Å². The lowest BCUT2D eigenvalue weighted by Gasteiger charge is -2.43. The van der Waals surface area contributed by atoms with Gasteiger partial charge in [0.25, 0.3) is 0 Å². The Labute approximate surface area is 217 Å². The van der Waals surface area contributed by atoms with Crippen molar-refractivity contribution >= 4 is 23.7 Å². The molecule has 1 aliphatic rings. The minimum atomic E-state index is -1.24. The zero-order valence-corrected chi connectivity index (χ0v) is 22.1. The number of benzene rings is 2. The van der Waals surface area contributed by atoms with E-state index in [-0.39, 0.29) is 6.61 Å². The van der Waals surface area contributed by atoms with E-state index >= 15 is 0 Å². The van der Waals surface area contributed by atoms with Crippen molar-refractivity contribution in [2.24, 2.45) is 0 Å². The highest BCUT2D eigenvalue weighted by Gasteiger charge is 2.49. The molecule has 0 aliphatic carbocycles. The number of esters is 2. The van der Waals surface area contributed by atoms with Crippen LogP contribution in [-0.2, 0) is 36.6 Å². The number of rotatable bonds is 10. The number of ether oxygens (including phenoxy) is 3. The van der Waals surface area contributed by atoms with E-state index in [0.29, 0.717) is 6.42 Å². The van der Waals surface area contributed by atoms with Gasteiger partial charge >= 0.3 is 11.9 Å². The molecule has 196 valence electrons. The van der Waals surface area contributed by atoms with E-state index in [1.807, 2.05) is 31.4 Å². The summed E-state index contributed by atoms with van der Waals surface area (Å²) in [6.45, 7) is 4.81. The molecular formula is C28H36O7S. The molecule has 8 heteroatoms. The molecule has 5 atom stereocenters. The van der Waals surface area contributed by atoms with Crippen LogP contribution < -0.4 is 0 Å². The molecule has 3 rings (SSSR count). The summed E-state index contributed by atoms with van der Waals surface area (Å²) < 4.78 is 17.1. The van der Waals surface area contributed by atoms with E-state index in [4.69, 9.17) is 19.3 Å². The SMILES string of the molecule is CSC1OC(c2ccc(C)c(Cc3ccc(CCCCO)cc3)c2)C(OC(C)=O)C(O)C1OC(C)=O. The third-order valence-electron chi connectivity index (χ3n) is 6.35. The summed E-state index contributed by atoms with van der Waals surface area (Å²) in [6.07, 6.45) is 1.29. The van der Waals surface area contributed by atoms with Crippen LogP contribution in [-0.4, -0.2) is 58.8 Å². The normalized spacial score (nSPS) is 23.8. The van der Waals surface area contributed by atoms with E-state index in [1.54, 1.807) is 0 Å². The largest absolute Gasteiger partial charge is 0.456 e. The van der Waals surface area contributed by atoms with E-state index in [2.05, 4.69) is 24.3 Å².